The van der Waals surface area contributed by atoms with Gasteiger partial charge in [0.15, 0.2) is 0 Å². The van der Waals surface area contributed by atoms with Gasteiger partial charge >= 0.3 is 7.82 Å². The van der Waals surface area contributed by atoms with Crippen molar-refractivity contribution in [2.75, 3.05) is 0 Å². The van der Waals surface area contributed by atoms with Crippen LogP contribution in [0.4, 0.5) is 0 Å². The molecule has 0 aliphatic carbocycles. The van der Waals surface area contributed by atoms with E-state index in [4.69, 9.17) is 19.2 Å². The molecule has 0 aromatic carbocycles. The summed E-state index contributed by atoms with van der Waals surface area (Å²) in [6, 6.07) is 0. The maximum absolute atomic E-state index is 8.88. The van der Waals surface area contributed by atoms with Gasteiger partial charge in [0.05, 0.1) is 0 Å². The van der Waals surface area contributed by atoms with Crippen molar-refractivity contribution in [2.45, 2.75) is 0 Å². The van der Waals surface area contributed by atoms with Crippen LogP contribution in [0.5, 0.6) is 0 Å². The molecule has 0 unspecified atom stereocenters. The smallest absolute Gasteiger partial charge is 0.303 e. The molecule has 3 N–H and O–H groups in total. The molecule has 0 saturated heterocycles. The molecule has 0 amide bonds. The summed E-state index contributed by atoms with van der Waals surface area (Å²) in [4.78, 5) is 21.6. The van der Waals surface area contributed by atoms with Crippen molar-refractivity contribution in [3.63, 3.8) is 0 Å². The van der Waals surface area contributed by atoms with Gasteiger partial charge in [-0.3, -0.25) is 0 Å². The number of hydrogen-bond acceptors (Lipinski definition) is 1. The molecular weight excluding hydrogens is 318 g/mol. The predicted molar refractivity (Wildman–Crippen MR) is 14.3 cm³/mol. The van der Waals surface area contributed by atoms with E-state index < -0.39 is 7.82 Å². The zero-order valence-electron chi connectivity index (χ0n) is 3.20. The first kappa shape index (κ1) is 10.6. The molecule has 0 aliphatic rings. The standard InChI is InChI=1S/Fr.H3O4P/c;1-5(2,3)4/h;(H3,1,2,3,4). The van der Waals surface area contributed by atoms with Crippen LogP contribution in [-0.4, -0.2) is 14.7 Å². The minimum absolute atomic E-state index is 0. The molecule has 0 spiro atoms. The summed E-state index contributed by atoms with van der Waals surface area (Å²) in [5.74, 6) is 0. The van der Waals surface area contributed by atoms with Crippen molar-refractivity contribution in [1.82, 2.24) is 0 Å². The molecule has 0 fully saturated rings. The van der Waals surface area contributed by atoms with Crippen molar-refractivity contribution < 1.29 is 69.1 Å². The van der Waals surface area contributed by atoms with Crippen LogP contribution in [0.1, 0.15) is 0 Å². The van der Waals surface area contributed by atoms with Gasteiger partial charge in [0.2, 0.25) is 0 Å². The number of phosphoric acid groups is 1. The minimum atomic E-state index is -4.64. The molecular formula is H3FrO4P. The summed E-state index contributed by atoms with van der Waals surface area (Å²) >= 11 is 0. The van der Waals surface area contributed by atoms with Crippen LogP contribution in [-0.2, 0) is 4.57 Å². The maximum Gasteiger partial charge on any atom is 0.466 e. The first-order chi connectivity index (χ1) is 2.00. The molecule has 1 radical (unpaired) electrons. The van der Waals surface area contributed by atoms with E-state index in [-0.39, 0.29) is 49.9 Å². The zero-order valence-corrected chi connectivity index (χ0v) is 12.3. The molecule has 4 nitrogen and oxygen atoms in total. The average Bonchev–Trinajstić information content (AvgIpc) is 0.722. The molecule has 0 aromatic rings. The molecule has 0 saturated carbocycles. The van der Waals surface area contributed by atoms with Crippen LogP contribution >= 0.6 is 7.82 Å². The van der Waals surface area contributed by atoms with Crippen molar-refractivity contribution in [3.05, 3.63) is 0 Å². The number of hydrogen-bond donors (Lipinski definition) is 3. The summed E-state index contributed by atoms with van der Waals surface area (Å²) in [7, 11) is -4.64. The first-order valence-electron chi connectivity index (χ1n) is 0.783. The van der Waals surface area contributed by atoms with Crippen molar-refractivity contribution in [2.24, 2.45) is 0 Å². The Morgan fingerprint density at radius 3 is 1.17 bits per heavy atom. The fraction of sp³-hybridized carbons (Fsp3) is 0. The van der Waals surface area contributed by atoms with E-state index in [1.807, 2.05) is 0 Å². The predicted octanol–water partition coefficient (Wildman–Crippen LogP) is -0.929. The van der Waals surface area contributed by atoms with Crippen molar-refractivity contribution >= 4 is 7.82 Å². The Morgan fingerprint density at radius 1 is 1.17 bits per heavy atom. The quantitative estimate of drug-likeness (QED) is 0.504. The number of rotatable bonds is 0. The SMILES string of the molecule is O=P(O)(O)O.[Fr]. The molecule has 6 heavy (non-hydrogen) atoms. The third kappa shape index (κ3) is 43.4. The van der Waals surface area contributed by atoms with Crippen LogP contribution in [0.15, 0.2) is 0 Å². The Kier molecular flexibility index (Phi) is 6.53. The monoisotopic (exact) mass is 321 g/mol. The van der Waals surface area contributed by atoms with Gasteiger partial charge in [-0.1, -0.05) is 0 Å². The Labute approximate surface area is 75.8 Å². The van der Waals surface area contributed by atoms with E-state index in [1.165, 1.54) is 0 Å². The Bertz CT molecular complexity index is 53.7. The first-order valence-corrected chi connectivity index (χ1v) is 2.35. The van der Waals surface area contributed by atoms with Crippen LogP contribution < -0.4 is 0 Å². The molecule has 0 bridgehead atoms. The minimum Gasteiger partial charge on any atom is -0.303 e. The van der Waals surface area contributed by atoms with E-state index in [0.29, 0.717) is 0 Å². The molecule has 0 aromatic heterocycles. The van der Waals surface area contributed by atoms with Gasteiger partial charge in [0, 0.05) is 49.9 Å². The second-order valence-corrected chi connectivity index (χ2v) is 1.54. The molecule has 33 valence electrons. The summed E-state index contributed by atoms with van der Waals surface area (Å²) in [5.41, 5.74) is 0. The molecule has 6 heteroatoms. The van der Waals surface area contributed by atoms with E-state index in [1.54, 1.807) is 0 Å². The van der Waals surface area contributed by atoms with Crippen LogP contribution in [0.2, 0.25) is 0 Å². The van der Waals surface area contributed by atoms with E-state index in [2.05, 4.69) is 0 Å². The third-order valence-corrected chi connectivity index (χ3v) is 0. The largest absolute Gasteiger partial charge is 0.466 e. The summed E-state index contributed by atoms with van der Waals surface area (Å²) in [6.45, 7) is 0. The van der Waals surface area contributed by atoms with E-state index in [9.17, 15) is 0 Å². The topological polar surface area (TPSA) is 77.8 Å². The van der Waals surface area contributed by atoms with Gasteiger partial charge in [0.25, 0.3) is 0 Å². The van der Waals surface area contributed by atoms with Gasteiger partial charge in [-0.25, -0.2) is 4.57 Å². The van der Waals surface area contributed by atoms with E-state index >= 15 is 0 Å². The van der Waals surface area contributed by atoms with E-state index in [0.717, 1.165) is 0 Å². The second kappa shape index (κ2) is 3.68. The van der Waals surface area contributed by atoms with Crippen LogP contribution in [0.25, 0.3) is 0 Å². The van der Waals surface area contributed by atoms with Crippen molar-refractivity contribution in [3.8, 4) is 0 Å². The third-order valence-electron chi connectivity index (χ3n) is 0. The maximum atomic E-state index is 8.88. The van der Waals surface area contributed by atoms with Gasteiger partial charge < -0.3 is 14.7 Å². The summed E-state index contributed by atoms with van der Waals surface area (Å²) < 4.78 is 8.88. The Morgan fingerprint density at radius 2 is 1.17 bits per heavy atom. The molecule has 0 aliphatic heterocycles. The van der Waals surface area contributed by atoms with Crippen LogP contribution in [0, 0.1) is 49.9 Å². The molecule has 0 atom stereocenters. The molecule has 0 rings (SSSR count). The fourth-order valence-electron chi connectivity index (χ4n) is 0. The summed E-state index contributed by atoms with van der Waals surface area (Å²) in [6.07, 6.45) is 0. The summed E-state index contributed by atoms with van der Waals surface area (Å²) in [5, 5.41) is 0. The van der Waals surface area contributed by atoms with Crippen LogP contribution in [0.3, 0.4) is 0 Å². The second-order valence-electron chi connectivity index (χ2n) is 0.513. The normalized spacial score (nSPS) is 9.83. The Hall–Kier alpha value is 1.71. The zero-order chi connectivity index (χ0) is 4.50. The van der Waals surface area contributed by atoms with Crippen molar-refractivity contribution in [1.29, 1.82) is 0 Å². The average molecular weight is 321 g/mol. The Balaban J connectivity index is 0. The van der Waals surface area contributed by atoms with Gasteiger partial charge in [-0.05, 0) is 0 Å². The van der Waals surface area contributed by atoms with Gasteiger partial charge in [-0.2, -0.15) is 0 Å². The van der Waals surface area contributed by atoms with Gasteiger partial charge in [0.1, 0.15) is 0 Å². The fourth-order valence-corrected chi connectivity index (χ4v) is 0. The molecule has 0 heterocycles. The van der Waals surface area contributed by atoms with Gasteiger partial charge in [-0.15, -0.1) is 0 Å².